The van der Waals surface area contributed by atoms with Crippen molar-refractivity contribution in [3.05, 3.63) is 94.8 Å². The molecule has 0 bridgehead atoms. The molecular weight excluding hydrogens is 320 g/mol. The standard InChI is InChI=1S/C20H19ClN2O/c21-19-8-6-16(7-9-19)15-24-20-5-1-3-17(11-20)12-23-14-18-4-2-10-22-13-18/h1-11,13,23H,12,14-15H2. The minimum Gasteiger partial charge on any atom is -0.489 e. The van der Waals surface area contributed by atoms with Crippen LogP contribution >= 0.6 is 11.6 Å². The van der Waals surface area contributed by atoms with Crippen molar-refractivity contribution in [3.8, 4) is 5.75 Å². The Morgan fingerprint density at radius 1 is 0.875 bits per heavy atom. The normalized spacial score (nSPS) is 10.5. The zero-order valence-corrected chi connectivity index (χ0v) is 14.0. The summed E-state index contributed by atoms with van der Waals surface area (Å²) in [5, 5.41) is 4.15. The van der Waals surface area contributed by atoms with Gasteiger partial charge < -0.3 is 10.1 Å². The SMILES string of the molecule is Clc1ccc(COc2cccc(CNCc3cccnc3)c2)cc1. The Balaban J connectivity index is 1.51. The van der Waals surface area contributed by atoms with Crippen LogP contribution in [0.2, 0.25) is 5.02 Å². The summed E-state index contributed by atoms with van der Waals surface area (Å²) in [7, 11) is 0. The van der Waals surface area contributed by atoms with E-state index in [0.717, 1.165) is 29.4 Å². The maximum Gasteiger partial charge on any atom is 0.120 e. The lowest BCUT2D eigenvalue weighted by atomic mass is 10.2. The number of benzene rings is 2. The highest BCUT2D eigenvalue weighted by molar-refractivity contribution is 6.30. The van der Waals surface area contributed by atoms with Crippen LogP contribution in [0.4, 0.5) is 0 Å². The maximum atomic E-state index is 5.89. The fraction of sp³-hybridized carbons (Fsp3) is 0.150. The largest absolute Gasteiger partial charge is 0.489 e. The van der Waals surface area contributed by atoms with Crippen LogP contribution in [-0.2, 0) is 19.7 Å². The molecule has 0 aliphatic rings. The molecule has 122 valence electrons. The molecule has 3 rings (SSSR count). The average molecular weight is 339 g/mol. The molecule has 3 aromatic rings. The Bertz CT molecular complexity index is 760. The van der Waals surface area contributed by atoms with Gasteiger partial charge in [-0.2, -0.15) is 0 Å². The molecule has 0 spiro atoms. The van der Waals surface area contributed by atoms with Gasteiger partial charge in [0.25, 0.3) is 0 Å². The van der Waals surface area contributed by atoms with Gasteiger partial charge in [-0.3, -0.25) is 4.98 Å². The number of aromatic nitrogens is 1. The van der Waals surface area contributed by atoms with Crippen molar-refractivity contribution in [1.82, 2.24) is 10.3 Å². The molecule has 0 radical (unpaired) electrons. The average Bonchev–Trinajstić information content (AvgIpc) is 2.63. The number of ether oxygens (including phenoxy) is 1. The predicted molar refractivity (Wildman–Crippen MR) is 97.0 cm³/mol. The number of nitrogens with one attached hydrogen (secondary N) is 1. The molecule has 0 fully saturated rings. The Kier molecular flexibility index (Phi) is 5.83. The molecule has 1 aromatic heterocycles. The van der Waals surface area contributed by atoms with Crippen molar-refractivity contribution in [2.45, 2.75) is 19.7 Å². The molecule has 0 unspecified atom stereocenters. The molecule has 0 aliphatic heterocycles. The highest BCUT2D eigenvalue weighted by Crippen LogP contribution is 2.16. The summed E-state index contributed by atoms with van der Waals surface area (Å²) in [4.78, 5) is 4.11. The van der Waals surface area contributed by atoms with E-state index in [1.54, 1.807) is 6.20 Å². The second-order valence-corrected chi connectivity index (χ2v) is 5.96. The Labute approximate surface area is 147 Å². The summed E-state index contributed by atoms with van der Waals surface area (Å²) < 4.78 is 5.86. The van der Waals surface area contributed by atoms with E-state index in [1.165, 1.54) is 11.1 Å². The minimum atomic E-state index is 0.531. The maximum absolute atomic E-state index is 5.89. The Hall–Kier alpha value is -2.36. The molecule has 3 nitrogen and oxygen atoms in total. The van der Waals surface area contributed by atoms with Crippen molar-refractivity contribution in [1.29, 1.82) is 0 Å². The molecule has 1 N–H and O–H groups in total. The topological polar surface area (TPSA) is 34.1 Å². The first-order valence-corrected chi connectivity index (χ1v) is 8.23. The minimum absolute atomic E-state index is 0.531. The second kappa shape index (κ2) is 8.48. The molecule has 0 aliphatic carbocycles. The van der Waals surface area contributed by atoms with Gasteiger partial charge >= 0.3 is 0 Å². The van der Waals surface area contributed by atoms with Crippen LogP contribution in [0, 0.1) is 0 Å². The van der Waals surface area contributed by atoms with Crippen LogP contribution in [0.25, 0.3) is 0 Å². The van der Waals surface area contributed by atoms with Gasteiger partial charge in [-0.05, 0) is 47.0 Å². The van der Waals surface area contributed by atoms with Crippen molar-refractivity contribution < 1.29 is 4.74 Å². The third-order valence-electron chi connectivity index (χ3n) is 3.60. The molecular formula is C20H19ClN2O. The summed E-state index contributed by atoms with van der Waals surface area (Å²) in [5.41, 5.74) is 3.46. The van der Waals surface area contributed by atoms with E-state index in [9.17, 15) is 0 Å². The summed E-state index contributed by atoms with van der Waals surface area (Å²) >= 11 is 5.89. The van der Waals surface area contributed by atoms with Crippen LogP contribution in [0.1, 0.15) is 16.7 Å². The lowest BCUT2D eigenvalue weighted by Gasteiger charge is -2.09. The molecule has 0 saturated heterocycles. The lowest BCUT2D eigenvalue weighted by molar-refractivity contribution is 0.306. The summed E-state index contributed by atoms with van der Waals surface area (Å²) in [6.45, 7) is 2.11. The van der Waals surface area contributed by atoms with Gasteiger partial charge in [0.1, 0.15) is 12.4 Å². The number of rotatable bonds is 7. The summed E-state index contributed by atoms with van der Waals surface area (Å²) in [5.74, 6) is 0.866. The fourth-order valence-corrected chi connectivity index (χ4v) is 2.47. The van der Waals surface area contributed by atoms with E-state index in [0.29, 0.717) is 6.61 Å². The van der Waals surface area contributed by atoms with Gasteiger partial charge in [0.05, 0.1) is 0 Å². The third-order valence-corrected chi connectivity index (χ3v) is 3.85. The highest BCUT2D eigenvalue weighted by atomic mass is 35.5. The molecule has 2 aromatic carbocycles. The fourth-order valence-electron chi connectivity index (χ4n) is 2.35. The number of hydrogen-bond donors (Lipinski definition) is 1. The van der Waals surface area contributed by atoms with Crippen LogP contribution in [0.5, 0.6) is 5.75 Å². The van der Waals surface area contributed by atoms with E-state index < -0.39 is 0 Å². The van der Waals surface area contributed by atoms with Crippen LogP contribution < -0.4 is 10.1 Å². The third kappa shape index (κ3) is 5.08. The van der Waals surface area contributed by atoms with Crippen molar-refractivity contribution in [2.24, 2.45) is 0 Å². The van der Waals surface area contributed by atoms with Crippen molar-refractivity contribution in [3.63, 3.8) is 0 Å². The van der Waals surface area contributed by atoms with Gasteiger partial charge in [-0.25, -0.2) is 0 Å². The summed E-state index contributed by atoms with van der Waals surface area (Å²) in [6.07, 6.45) is 3.66. The van der Waals surface area contributed by atoms with Crippen LogP contribution in [0.3, 0.4) is 0 Å². The van der Waals surface area contributed by atoms with Crippen molar-refractivity contribution in [2.75, 3.05) is 0 Å². The number of hydrogen-bond acceptors (Lipinski definition) is 3. The van der Waals surface area contributed by atoms with Crippen molar-refractivity contribution >= 4 is 11.6 Å². The van der Waals surface area contributed by atoms with Gasteiger partial charge in [-0.1, -0.05) is 41.9 Å². The van der Waals surface area contributed by atoms with Gasteiger partial charge in [0, 0.05) is 30.5 Å². The number of pyridine rings is 1. The molecule has 0 saturated carbocycles. The molecule has 24 heavy (non-hydrogen) atoms. The van der Waals surface area contributed by atoms with E-state index in [1.807, 2.05) is 48.7 Å². The van der Waals surface area contributed by atoms with Gasteiger partial charge in [-0.15, -0.1) is 0 Å². The first-order chi connectivity index (χ1) is 11.8. The molecule has 0 amide bonds. The van der Waals surface area contributed by atoms with Gasteiger partial charge in [0.2, 0.25) is 0 Å². The Morgan fingerprint density at radius 2 is 1.67 bits per heavy atom. The lowest BCUT2D eigenvalue weighted by Crippen LogP contribution is -2.12. The van der Waals surface area contributed by atoms with Crippen LogP contribution in [-0.4, -0.2) is 4.98 Å². The Morgan fingerprint density at radius 3 is 2.46 bits per heavy atom. The van der Waals surface area contributed by atoms with Gasteiger partial charge in [0.15, 0.2) is 0 Å². The van der Waals surface area contributed by atoms with E-state index in [2.05, 4.69) is 28.5 Å². The molecule has 1 heterocycles. The first kappa shape index (κ1) is 16.5. The van der Waals surface area contributed by atoms with E-state index >= 15 is 0 Å². The monoisotopic (exact) mass is 338 g/mol. The number of nitrogens with zero attached hydrogens (tertiary/aromatic N) is 1. The quantitative estimate of drug-likeness (QED) is 0.683. The first-order valence-electron chi connectivity index (χ1n) is 7.85. The van der Waals surface area contributed by atoms with Crippen LogP contribution in [0.15, 0.2) is 73.1 Å². The number of halogens is 1. The smallest absolute Gasteiger partial charge is 0.120 e. The predicted octanol–water partition coefficient (Wildman–Crippen LogP) is 4.60. The zero-order valence-electron chi connectivity index (χ0n) is 13.3. The second-order valence-electron chi connectivity index (χ2n) is 5.53. The molecule has 4 heteroatoms. The highest BCUT2D eigenvalue weighted by Gasteiger charge is 1.99. The van der Waals surface area contributed by atoms with E-state index in [4.69, 9.17) is 16.3 Å². The summed E-state index contributed by atoms with van der Waals surface area (Å²) in [6, 6.07) is 19.8. The zero-order chi connectivity index (χ0) is 16.6. The molecule has 0 atom stereocenters. The van der Waals surface area contributed by atoms with E-state index in [-0.39, 0.29) is 0 Å².